The molecule has 0 unspecified atom stereocenters. The molecule has 0 bridgehead atoms. The van der Waals surface area contributed by atoms with E-state index in [9.17, 15) is 19.5 Å². The maximum atomic E-state index is 13.0. The standard InChI is InChI=1S/C24H28ClN3O5.CH2O2/c25-18-5-2-4-17(12-18)24(15-26)9-7-20(8-10-24)28(14-22(30)31)21(29)13-27-19-6-1-3-16(11-19)23(32)33;2-1-3/h1-6,11-12,20,27H,7-10,13-15,26H2,(H,30,31)(H,32,33);1H,(H,2,3). The average molecular weight is 520 g/mol. The van der Waals surface area contributed by atoms with E-state index in [1.807, 2.05) is 24.3 Å². The molecular weight excluding hydrogens is 490 g/mol. The molecule has 194 valence electrons. The molecular formula is C25H30ClN3O7. The number of nitrogens with zero attached hydrogens (tertiary/aromatic N) is 1. The van der Waals surface area contributed by atoms with Crippen LogP contribution in [0.2, 0.25) is 5.02 Å². The normalized spacial score (nSPS) is 18.8. The Balaban J connectivity index is 0.00000145. The fraction of sp³-hybridized carbons (Fsp3) is 0.360. The minimum atomic E-state index is -1.08. The van der Waals surface area contributed by atoms with Crippen molar-refractivity contribution in [2.24, 2.45) is 5.73 Å². The van der Waals surface area contributed by atoms with Gasteiger partial charge in [-0.1, -0.05) is 29.8 Å². The maximum absolute atomic E-state index is 13.0. The van der Waals surface area contributed by atoms with E-state index in [1.165, 1.54) is 17.0 Å². The number of benzene rings is 2. The smallest absolute Gasteiger partial charge is 0.335 e. The first kappa shape index (κ1) is 28.6. The number of halogens is 1. The fourth-order valence-corrected chi connectivity index (χ4v) is 4.69. The van der Waals surface area contributed by atoms with Crippen molar-refractivity contribution in [2.75, 3.05) is 25.0 Å². The molecule has 6 N–H and O–H groups in total. The number of rotatable bonds is 9. The van der Waals surface area contributed by atoms with Crippen LogP contribution in [0.15, 0.2) is 48.5 Å². The van der Waals surface area contributed by atoms with Crippen molar-refractivity contribution in [3.05, 3.63) is 64.7 Å². The first-order valence-corrected chi connectivity index (χ1v) is 11.7. The SMILES string of the molecule is NCC1(c2cccc(Cl)c2)CCC(N(CC(=O)O)C(=O)CNc2cccc(C(=O)O)c2)CC1.O=CO. The van der Waals surface area contributed by atoms with Gasteiger partial charge < -0.3 is 31.3 Å². The van der Waals surface area contributed by atoms with Gasteiger partial charge in [-0.2, -0.15) is 0 Å². The Bertz CT molecular complexity index is 1070. The van der Waals surface area contributed by atoms with E-state index in [0.29, 0.717) is 42.9 Å². The van der Waals surface area contributed by atoms with Crippen LogP contribution in [0.3, 0.4) is 0 Å². The van der Waals surface area contributed by atoms with Crippen LogP contribution in [-0.2, 0) is 19.8 Å². The van der Waals surface area contributed by atoms with Crippen LogP contribution in [0.25, 0.3) is 0 Å². The zero-order valence-electron chi connectivity index (χ0n) is 19.6. The molecule has 0 atom stereocenters. The summed E-state index contributed by atoms with van der Waals surface area (Å²) < 4.78 is 0. The minimum absolute atomic E-state index is 0.0984. The number of carboxylic acid groups (broad SMARTS) is 3. The zero-order chi connectivity index (χ0) is 26.7. The van der Waals surface area contributed by atoms with Crippen molar-refractivity contribution in [1.29, 1.82) is 0 Å². The number of hydrogen-bond donors (Lipinski definition) is 5. The molecule has 3 rings (SSSR count). The molecule has 1 amide bonds. The Hall–Kier alpha value is -3.63. The Morgan fingerprint density at radius 3 is 2.31 bits per heavy atom. The third-order valence-electron chi connectivity index (χ3n) is 6.36. The van der Waals surface area contributed by atoms with E-state index in [-0.39, 0.29) is 35.9 Å². The number of nitrogens with two attached hydrogens (primary N) is 1. The molecule has 0 heterocycles. The molecule has 0 aliphatic heterocycles. The lowest BCUT2D eigenvalue weighted by Crippen LogP contribution is -2.50. The van der Waals surface area contributed by atoms with Gasteiger partial charge in [-0.05, 0) is 61.6 Å². The molecule has 0 aromatic heterocycles. The van der Waals surface area contributed by atoms with E-state index in [2.05, 4.69) is 5.32 Å². The maximum Gasteiger partial charge on any atom is 0.335 e. The van der Waals surface area contributed by atoms with Gasteiger partial charge in [0.05, 0.1) is 12.1 Å². The van der Waals surface area contributed by atoms with Crippen molar-refractivity contribution < 1.29 is 34.5 Å². The highest BCUT2D eigenvalue weighted by atomic mass is 35.5. The van der Waals surface area contributed by atoms with Crippen molar-refractivity contribution in [1.82, 2.24) is 4.90 Å². The van der Waals surface area contributed by atoms with E-state index in [1.54, 1.807) is 12.1 Å². The monoisotopic (exact) mass is 519 g/mol. The molecule has 1 aliphatic carbocycles. The molecule has 2 aromatic rings. The van der Waals surface area contributed by atoms with Crippen LogP contribution in [-0.4, -0.2) is 70.2 Å². The summed E-state index contributed by atoms with van der Waals surface area (Å²) in [5, 5.41) is 28.9. The van der Waals surface area contributed by atoms with Crippen LogP contribution in [0, 0.1) is 0 Å². The lowest BCUT2D eigenvalue weighted by Gasteiger charge is -2.43. The number of carboxylic acids is 2. The summed E-state index contributed by atoms with van der Waals surface area (Å²) in [6, 6.07) is 13.5. The van der Waals surface area contributed by atoms with Gasteiger partial charge >= 0.3 is 11.9 Å². The number of hydrogen-bond acceptors (Lipinski definition) is 6. The largest absolute Gasteiger partial charge is 0.483 e. The topological polar surface area (TPSA) is 170 Å². The molecule has 2 aromatic carbocycles. The summed E-state index contributed by atoms with van der Waals surface area (Å²) in [4.78, 5) is 45.3. The number of carbonyl (C=O) groups is 4. The van der Waals surface area contributed by atoms with E-state index < -0.39 is 18.5 Å². The van der Waals surface area contributed by atoms with E-state index >= 15 is 0 Å². The predicted molar refractivity (Wildman–Crippen MR) is 134 cm³/mol. The van der Waals surface area contributed by atoms with E-state index in [4.69, 9.17) is 32.3 Å². The lowest BCUT2D eigenvalue weighted by atomic mass is 9.68. The molecule has 1 fully saturated rings. The summed E-state index contributed by atoms with van der Waals surface area (Å²) in [5.41, 5.74) is 7.54. The molecule has 0 radical (unpaired) electrons. The van der Waals surface area contributed by atoms with Gasteiger partial charge in [0, 0.05) is 28.7 Å². The number of aromatic carboxylic acids is 1. The Morgan fingerprint density at radius 1 is 1.11 bits per heavy atom. The van der Waals surface area contributed by atoms with Crippen molar-refractivity contribution in [3.63, 3.8) is 0 Å². The highest BCUT2D eigenvalue weighted by Gasteiger charge is 2.39. The Morgan fingerprint density at radius 2 is 1.75 bits per heavy atom. The van der Waals surface area contributed by atoms with Gasteiger partial charge in [0.1, 0.15) is 6.54 Å². The number of anilines is 1. The molecule has 0 saturated heterocycles. The van der Waals surface area contributed by atoms with Gasteiger partial charge in [0.2, 0.25) is 5.91 Å². The number of carbonyl (C=O) groups excluding carboxylic acids is 1. The Kier molecular flexibility index (Phi) is 10.7. The molecule has 1 aliphatic rings. The fourth-order valence-electron chi connectivity index (χ4n) is 4.50. The van der Waals surface area contributed by atoms with Crippen LogP contribution in [0.5, 0.6) is 0 Å². The summed E-state index contributed by atoms with van der Waals surface area (Å²) in [7, 11) is 0. The molecule has 36 heavy (non-hydrogen) atoms. The summed E-state index contributed by atoms with van der Waals surface area (Å²) in [5.74, 6) is -2.50. The van der Waals surface area contributed by atoms with Gasteiger partial charge in [0.15, 0.2) is 0 Å². The van der Waals surface area contributed by atoms with Gasteiger partial charge in [0.25, 0.3) is 6.47 Å². The van der Waals surface area contributed by atoms with E-state index in [0.717, 1.165) is 5.56 Å². The van der Waals surface area contributed by atoms with Crippen LogP contribution in [0.4, 0.5) is 5.69 Å². The van der Waals surface area contributed by atoms with Crippen molar-refractivity contribution in [2.45, 2.75) is 37.1 Å². The number of aliphatic carboxylic acids is 1. The molecule has 10 nitrogen and oxygen atoms in total. The number of amides is 1. The highest BCUT2D eigenvalue weighted by Crippen LogP contribution is 2.40. The zero-order valence-corrected chi connectivity index (χ0v) is 20.4. The average Bonchev–Trinajstić information content (AvgIpc) is 2.86. The second-order valence-corrected chi connectivity index (χ2v) is 8.92. The van der Waals surface area contributed by atoms with Crippen molar-refractivity contribution >= 4 is 41.6 Å². The molecule has 1 saturated carbocycles. The Labute approximate surface area is 213 Å². The summed E-state index contributed by atoms with van der Waals surface area (Å²) in [6.45, 7) is -0.343. The summed E-state index contributed by atoms with van der Waals surface area (Å²) >= 11 is 6.17. The highest BCUT2D eigenvalue weighted by molar-refractivity contribution is 6.30. The van der Waals surface area contributed by atoms with Gasteiger partial charge in [-0.15, -0.1) is 0 Å². The second-order valence-electron chi connectivity index (χ2n) is 8.49. The lowest BCUT2D eigenvalue weighted by molar-refractivity contribution is -0.146. The molecule has 0 spiro atoms. The quantitative estimate of drug-likeness (QED) is 0.312. The summed E-state index contributed by atoms with van der Waals surface area (Å²) in [6.07, 6.45) is 2.67. The first-order valence-electron chi connectivity index (χ1n) is 11.3. The number of nitrogens with one attached hydrogen (secondary N) is 1. The van der Waals surface area contributed by atoms with Crippen LogP contribution in [0.1, 0.15) is 41.6 Å². The minimum Gasteiger partial charge on any atom is -0.483 e. The first-order chi connectivity index (χ1) is 17.2. The van der Waals surface area contributed by atoms with Gasteiger partial charge in [-0.25, -0.2) is 4.79 Å². The predicted octanol–water partition coefficient (Wildman–Crippen LogP) is 2.90. The second kappa shape index (κ2) is 13.5. The van der Waals surface area contributed by atoms with Crippen LogP contribution < -0.4 is 11.1 Å². The van der Waals surface area contributed by atoms with Crippen molar-refractivity contribution in [3.8, 4) is 0 Å². The van der Waals surface area contributed by atoms with Gasteiger partial charge in [-0.3, -0.25) is 14.4 Å². The third kappa shape index (κ3) is 7.69. The molecule has 11 heteroatoms. The third-order valence-corrected chi connectivity index (χ3v) is 6.60. The van der Waals surface area contributed by atoms with Crippen LogP contribution >= 0.6 is 11.6 Å².